The summed E-state index contributed by atoms with van der Waals surface area (Å²) in [6.07, 6.45) is 1.71. The van der Waals surface area contributed by atoms with E-state index in [9.17, 15) is 4.79 Å². The van der Waals surface area contributed by atoms with E-state index in [0.717, 1.165) is 19.4 Å². The molecule has 4 nitrogen and oxygen atoms in total. The number of aryl methyl sites for hydroxylation is 1. The summed E-state index contributed by atoms with van der Waals surface area (Å²) >= 11 is 0. The molecule has 1 aliphatic heterocycles. The molecule has 1 unspecified atom stereocenters. The third kappa shape index (κ3) is 3.38. The fourth-order valence-electron chi connectivity index (χ4n) is 2.79. The number of hydrogen-bond donors (Lipinski definition) is 2. The van der Waals surface area contributed by atoms with Crippen molar-refractivity contribution >= 4 is 5.91 Å². The second kappa shape index (κ2) is 6.86. The molecule has 4 heteroatoms. The van der Waals surface area contributed by atoms with Crippen LogP contribution in [0.15, 0.2) is 24.3 Å². The summed E-state index contributed by atoms with van der Waals surface area (Å²) in [6, 6.07) is 8.29. The van der Waals surface area contributed by atoms with E-state index in [4.69, 9.17) is 4.74 Å². The van der Waals surface area contributed by atoms with Gasteiger partial charge in [-0.3, -0.25) is 4.79 Å². The maximum atomic E-state index is 12.4. The second-order valence-electron chi connectivity index (χ2n) is 5.57. The van der Waals surface area contributed by atoms with Crippen LogP contribution in [0.2, 0.25) is 0 Å². The minimum Gasteiger partial charge on any atom is -0.384 e. The first-order valence-corrected chi connectivity index (χ1v) is 7.20. The average Bonchev–Trinajstić information content (AvgIpc) is 2.91. The summed E-state index contributed by atoms with van der Waals surface area (Å²) in [5.41, 5.74) is 2.18. The van der Waals surface area contributed by atoms with Crippen LogP contribution < -0.4 is 10.6 Å². The van der Waals surface area contributed by atoms with Gasteiger partial charge >= 0.3 is 0 Å². The molecule has 0 aliphatic carbocycles. The molecule has 2 N–H and O–H groups in total. The molecule has 1 aliphatic rings. The molecule has 20 heavy (non-hydrogen) atoms. The van der Waals surface area contributed by atoms with E-state index in [-0.39, 0.29) is 11.3 Å². The predicted molar refractivity (Wildman–Crippen MR) is 79.7 cm³/mol. The van der Waals surface area contributed by atoms with Crippen LogP contribution in [0, 0.1) is 12.3 Å². The second-order valence-corrected chi connectivity index (χ2v) is 5.57. The summed E-state index contributed by atoms with van der Waals surface area (Å²) in [5.74, 6) is 0.109. The number of rotatable bonds is 6. The lowest BCUT2D eigenvalue weighted by molar-refractivity contribution is -0.132. The third-order valence-corrected chi connectivity index (χ3v) is 4.09. The Labute approximate surface area is 120 Å². The number of nitrogens with one attached hydrogen (secondary N) is 2. The van der Waals surface area contributed by atoms with Gasteiger partial charge in [-0.05, 0) is 37.4 Å². The van der Waals surface area contributed by atoms with E-state index in [1.54, 1.807) is 7.11 Å². The van der Waals surface area contributed by atoms with Crippen molar-refractivity contribution in [1.29, 1.82) is 0 Å². The molecule has 1 aromatic carbocycles. The topological polar surface area (TPSA) is 50.4 Å². The number of hydrogen-bond acceptors (Lipinski definition) is 3. The van der Waals surface area contributed by atoms with Crippen LogP contribution in [0.25, 0.3) is 0 Å². The van der Waals surface area contributed by atoms with E-state index in [0.29, 0.717) is 19.7 Å². The average molecular weight is 276 g/mol. The van der Waals surface area contributed by atoms with Crippen LogP contribution >= 0.6 is 0 Å². The molecule has 1 saturated heterocycles. The lowest BCUT2D eigenvalue weighted by atomic mass is 9.87. The van der Waals surface area contributed by atoms with Gasteiger partial charge in [0.05, 0.1) is 12.0 Å². The van der Waals surface area contributed by atoms with Gasteiger partial charge < -0.3 is 15.4 Å². The molecule has 1 heterocycles. The van der Waals surface area contributed by atoms with Crippen LogP contribution in [0.3, 0.4) is 0 Å². The maximum Gasteiger partial charge on any atom is 0.229 e. The number of amides is 1. The predicted octanol–water partition coefficient (Wildman–Crippen LogP) is 1.28. The van der Waals surface area contributed by atoms with Gasteiger partial charge in [0.25, 0.3) is 0 Å². The molecule has 0 spiro atoms. The zero-order valence-corrected chi connectivity index (χ0v) is 12.4. The molecule has 2 rings (SSSR count). The summed E-state index contributed by atoms with van der Waals surface area (Å²) in [5, 5.41) is 6.32. The van der Waals surface area contributed by atoms with Gasteiger partial charge in [-0.25, -0.2) is 0 Å². The molecule has 0 radical (unpaired) electrons. The first kappa shape index (κ1) is 15.0. The quantitative estimate of drug-likeness (QED) is 0.823. The SMILES string of the molecule is COCC1(C(=O)NCCc2ccccc2C)CCNC1. The van der Waals surface area contributed by atoms with E-state index in [2.05, 4.69) is 29.7 Å². The van der Waals surface area contributed by atoms with Crippen molar-refractivity contribution < 1.29 is 9.53 Å². The van der Waals surface area contributed by atoms with Crippen molar-refractivity contribution in [3.63, 3.8) is 0 Å². The van der Waals surface area contributed by atoms with Crippen molar-refractivity contribution in [2.45, 2.75) is 19.8 Å². The fraction of sp³-hybridized carbons (Fsp3) is 0.562. The van der Waals surface area contributed by atoms with Crippen molar-refractivity contribution in [1.82, 2.24) is 10.6 Å². The molecule has 1 fully saturated rings. The summed E-state index contributed by atoms with van der Waals surface area (Å²) < 4.78 is 5.23. The Morgan fingerprint density at radius 3 is 2.90 bits per heavy atom. The van der Waals surface area contributed by atoms with E-state index in [1.165, 1.54) is 11.1 Å². The Hall–Kier alpha value is -1.39. The normalized spacial score (nSPS) is 21.9. The first-order valence-electron chi connectivity index (χ1n) is 7.20. The van der Waals surface area contributed by atoms with Gasteiger partial charge in [-0.15, -0.1) is 0 Å². The zero-order valence-electron chi connectivity index (χ0n) is 12.4. The van der Waals surface area contributed by atoms with Crippen molar-refractivity contribution in [2.75, 3.05) is 33.4 Å². The van der Waals surface area contributed by atoms with Gasteiger partial charge in [-0.2, -0.15) is 0 Å². The van der Waals surface area contributed by atoms with Crippen molar-refractivity contribution in [2.24, 2.45) is 5.41 Å². The van der Waals surface area contributed by atoms with Gasteiger partial charge in [0.1, 0.15) is 0 Å². The van der Waals surface area contributed by atoms with Crippen molar-refractivity contribution in [3.8, 4) is 0 Å². The monoisotopic (exact) mass is 276 g/mol. The van der Waals surface area contributed by atoms with Gasteiger partial charge in [0.15, 0.2) is 0 Å². The maximum absolute atomic E-state index is 12.4. The molecule has 1 aromatic rings. The lowest BCUT2D eigenvalue weighted by Gasteiger charge is -2.26. The van der Waals surface area contributed by atoms with Crippen LogP contribution in [0.1, 0.15) is 17.5 Å². The van der Waals surface area contributed by atoms with E-state index < -0.39 is 0 Å². The molecule has 0 saturated carbocycles. The number of carbonyl (C=O) groups is 1. The number of carbonyl (C=O) groups excluding carboxylic acids is 1. The molecule has 110 valence electrons. The number of ether oxygens (including phenoxy) is 1. The lowest BCUT2D eigenvalue weighted by Crippen LogP contribution is -2.46. The molecular formula is C16H24N2O2. The minimum atomic E-state index is -0.388. The van der Waals surface area contributed by atoms with Crippen LogP contribution in [0.4, 0.5) is 0 Å². The Morgan fingerprint density at radius 2 is 2.25 bits per heavy atom. The van der Waals surface area contributed by atoms with Gasteiger partial charge in [0.2, 0.25) is 5.91 Å². The van der Waals surface area contributed by atoms with Crippen LogP contribution in [0.5, 0.6) is 0 Å². The summed E-state index contributed by atoms with van der Waals surface area (Å²) in [4.78, 5) is 12.4. The van der Waals surface area contributed by atoms with Gasteiger partial charge in [-0.1, -0.05) is 24.3 Å². The standard InChI is InChI=1S/C16H24N2O2/c1-13-5-3-4-6-14(13)7-9-18-15(19)16(12-20-2)8-10-17-11-16/h3-6,17H,7-12H2,1-2H3,(H,18,19). The highest BCUT2D eigenvalue weighted by atomic mass is 16.5. The molecule has 1 atom stereocenters. The number of methoxy groups -OCH3 is 1. The largest absolute Gasteiger partial charge is 0.384 e. The Balaban J connectivity index is 1.87. The molecule has 0 aromatic heterocycles. The third-order valence-electron chi connectivity index (χ3n) is 4.09. The summed E-state index contributed by atoms with van der Waals surface area (Å²) in [7, 11) is 1.65. The Morgan fingerprint density at radius 1 is 1.45 bits per heavy atom. The summed E-state index contributed by atoms with van der Waals surface area (Å²) in [6.45, 7) is 4.85. The highest BCUT2D eigenvalue weighted by Crippen LogP contribution is 2.26. The highest BCUT2D eigenvalue weighted by Gasteiger charge is 2.41. The minimum absolute atomic E-state index is 0.109. The van der Waals surface area contributed by atoms with Gasteiger partial charge in [0, 0.05) is 20.2 Å². The van der Waals surface area contributed by atoms with E-state index >= 15 is 0 Å². The Bertz CT molecular complexity index is 454. The number of benzene rings is 1. The smallest absolute Gasteiger partial charge is 0.229 e. The van der Waals surface area contributed by atoms with E-state index in [1.807, 2.05) is 12.1 Å². The van der Waals surface area contributed by atoms with Crippen LogP contribution in [-0.4, -0.2) is 39.3 Å². The van der Waals surface area contributed by atoms with Crippen molar-refractivity contribution in [3.05, 3.63) is 35.4 Å². The van der Waals surface area contributed by atoms with Crippen LogP contribution in [-0.2, 0) is 16.0 Å². The molecule has 0 bridgehead atoms. The zero-order chi connectivity index (χ0) is 14.4. The molecular weight excluding hydrogens is 252 g/mol. The molecule has 1 amide bonds. The Kier molecular flexibility index (Phi) is 5.15. The fourth-order valence-corrected chi connectivity index (χ4v) is 2.79. The first-order chi connectivity index (χ1) is 9.68. The highest BCUT2D eigenvalue weighted by molar-refractivity contribution is 5.83.